The number of phenolic OH excluding ortho intramolecular Hbond substituents is 2. The van der Waals surface area contributed by atoms with Crippen molar-refractivity contribution in [3.05, 3.63) is 66.7 Å². The quantitative estimate of drug-likeness (QED) is 0.147. The molecule has 0 aliphatic rings. The Morgan fingerprint density at radius 2 is 1.57 bits per heavy atom. The van der Waals surface area contributed by atoms with Gasteiger partial charge in [-0.05, 0) is 17.5 Å². The molecule has 9 heteroatoms. The summed E-state index contributed by atoms with van der Waals surface area (Å²) >= 11 is 0.709. The number of nitrogens with zero attached hydrogens (tertiary/aromatic N) is 2. The van der Waals surface area contributed by atoms with E-state index < -0.39 is 0 Å². The molecule has 2 N–H and O–H groups in total. The van der Waals surface area contributed by atoms with Gasteiger partial charge in [-0.1, -0.05) is 53.2 Å². The smallest absolute Gasteiger partial charge is 0.280 e. The molecule has 0 heterocycles. The van der Waals surface area contributed by atoms with Gasteiger partial charge in [0.2, 0.25) is 0 Å². The monoisotopic (exact) mass is 460 g/mol. The Bertz CT molecular complexity index is 1250. The van der Waals surface area contributed by atoms with Crippen molar-refractivity contribution in [2.45, 2.75) is 4.90 Å². The van der Waals surface area contributed by atoms with E-state index in [1.54, 1.807) is 13.1 Å². The first kappa shape index (κ1) is 22.1. The maximum absolute atomic E-state index is 10.7. The van der Waals surface area contributed by atoms with Crippen LogP contribution >= 0.6 is 12.0 Å². The van der Waals surface area contributed by atoms with E-state index in [1.165, 1.54) is 10.8 Å². The topological polar surface area (TPSA) is 97.4 Å². The van der Waals surface area contributed by atoms with Gasteiger partial charge in [-0.2, -0.15) is 4.33 Å². The third-order valence-electron chi connectivity index (χ3n) is 4.56. The summed E-state index contributed by atoms with van der Waals surface area (Å²) in [6.45, 7) is 0. The molecule has 0 aliphatic heterocycles. The van der Waals surface area contributed by atoms with E-state index in [1.807, 2.05) is 54.6 Å². The van der Waals surface area contributed by atoms with Crippen molar-refractivity contribution in [3.8, 4) is 11.5 Å². The zero-order valence-corrected chi connectivity index (χ0v) is 17.8. The first-order valence-electron chi connectivity index (χ1n) is 8.64. The third kappa shape index (κ3) is 4.13. The minimum atomic E-state index is -0.0633. The van der Waals surface area contributed by atoms with E-state index in [-0.39, 0.29) is 28.9 Å². The summed E-state index contributed by atoms with van der Waals surface area (Å²) in [6.07, 6.45) is 0. The van der Waals surface area contributed by atoms with Crippen LogP contribution in [-0.2, 0) is 26.7 Å². The summed E-state index contributed by atoms with van der Waals surface area (Å²) in [7, 11) is 1.69. The van der Waals surface area contributed by atoms with Crippen molar-refractivity contribution in [1.29, 1.82) is 0 Å². The van der Waals surface area contributed by atoms with E-state index in [2.05, 4.69) is 14.5 Å². The molecule has 0 fully saturated rings. The molecule has 4 aromatic rings. The van der Waals surface area contributed by atoms with Crippen LogP contribution in [0.25, 0.3) is 21.5 Å². The van der Waals surface area contributed by atoms with Crippen LogP contribution in [-0.4, -0.2) is 22.0 Å². The number of hydrogen-bond acceptors (Lipinski definition) is 7. The summed E-state index contributed by atoms with van der Waals surface area (Å²) in [6, 6.07) is 19.8. The SMILES string of the molecule is C[N+](=Nc1c(O)ccc2ccccc12)c1c(O)cc(SOO[O-])c2ccccc12.[Cr]. The Hall–Kier alpha value is -2.64. The molecule has 0 atom stereocenters. The normalized spacial score (nSPS) is 11.6. The Balaban J connectivity index is 0.00000256. The van der Waals surface area contributed by atoms with Crippen LogP contribution < -0.4 is 5.26 Å². The number of rotatable bonds is 5. The zero-order chi connectivity index (χ0) is 20.4. The maximum Gasteiger partial charge on any atom is 0.280 e. The molecule has 0 spiro atoms. The second-order valence-corrected chi connectivity index (χ2v) is 7.03. The molecule has 0 saturated carbocycles. The van der Waals surface area contributed by atoms with Gasteiger partial charge in [0.25, 0.3) is 5.69 Å². The number of phenols is 2. The molecular weight excluding hydrogens is 444 g/mol. The van der Waals surface area contributed by atoms with E-state index in [9.17, 15) is 15.5 Å². The summed E-state index contributed by atoms with van der Waals surface area (Å²) in [5.74, 6) is -0.0285. The molecule has 0 aromatic heterocycles. The van der Waals surface area contributed by atoms with E-state index >= 15 is 0 Å². The van der Waals surface area contributed by atoms with Gasteiger partial charge in [-0.3, -0.25) is 5.04 Å². The number of fused-ring (bicyclic) bond motifs is 2. The molecule has 0 aliphatic carbocycles. The first-order chi connectivity index (χ1) is 14.1. The standard InChI is InChI=1S/C21H16N2O5S.Cr/c1-23(22-20-14-7-3-2-6-13(14)10-11-17(20)24)21-16-9-5-4-8-15(16)19(12-18(21)25)29-28-27-26;/h2-12,25-26H,1H3;. The average Bonchev–Trinajstić information content (AvgIpc) is 2.74. The van der Waals surface area contributed by atoms with Crippen molar-refractivity contribution < 1.29 is 46.9 Å². The molecule has 7 nitrogen and oxygen atoms in total. The van der Waals surface area contributed by atoms with Gasteiger partial charge >= 0.3 is 0 Å². The van der Waals surface area contributed by atoms with Crippen LogP contribution in [0, 0.1) is 0 Å². The fourth-order valence-electron chi connectivity index (χ4n) is 3.32. The summed E-state index contributed by atoms with van der Waals surface area (Å²) in [4.78, 5) is 0.513. The van der Waals surface area contributed by atoms with Crippen LogP contribution in [0.15, 0.2) is 76.7 Å². The predicted octanol–water partition coefficient (Wildman–Crippen LogP) is 4.69. The van der Waals surface area contributed by atoms with Gasteiger partial charge in [-0.25, -0.2) is 0 Å². The van der Waals surface area contributed by atoms with Gasteiger partial charge in [-0.15, -0.1) is 0 Å². The second kappa shape index (κ2) is 9.45. The molecule has 30 heavy (non-hydrogen) atoms. The van der Waals surface area contributed by atoms with Crippen LogP contribution in [0.3, 0.4) is 0 Å². The second-order valence-electron chi connectivity index (χ2n) is 6.29. The Kier molecular flexibility index (Phi) is 6.95. The van der Waals surface area contributed by atoms with Crippen LogP contribution in [0.5, 0.6) is 11.5 Å². The largest absolute Gasteiger partial charge is 0.691 e. The Morgan fingerprint density at radius 1 is 0.900 bits per heavy atom. The fourth-order valence-corrected chi connectivity index (χ4v) is 3.85. The molecule has 0 bridgehead atoms. The van der Waals surface area contributed by atoms with Gasteiger partial charge in [0.15, 0.2) is 18.5 Å². The van der Waals surface area contributed by atoms with Crippen molar-refractivity contribution in [3.63, 3.8) is 0 Å². The maximum atomic E-state index is 10.7. The number of hydrogen-bond donors (Lipinski definition) is 2. The molecule has 0 radical (unpaired) electrons. The molecule has 4 rings (SSSR count). The third-order valence-corrected chi connectivity index (χ3v) is 5.20. The van der Waals surface area contributed by atoms with Crippen LogP contribution in [0.1, 0.15) is 0 Å². The zero-order valence-electron chi connectivity index (χ0n) is 15.7. The van der Waals surface area contributed by atoms with Crippen molar-refractivity contribution in [2.24, 2.45) is 5.11 Å². The van der Waals surface area contributed by atoms with Crippen molar-refractivity contribution in [2.75, 3.05) is 7.05 Å². The van der Waals surface area contributed by atoms with E-state index in [0.717, 1.165) is 16.2 Å². The predicted molar refractivity (Wildman–Crippen MR) is 107 cm³/mol. The average molecular weight is 460 g/mol. The van der Waals surface area contributed by atoms with E-state index in [0.29, 0.717) is 33.7 Å². The van der Waals surface area contributed by atoms with Gasteiger partial charge in [0, 0.05) is 39.3 Å². The minimum absolute atomic E-state index is 0. The molecule has 4 aromatic carbocycles. The number of aromatic hydroxyl groups is 2. The van der Waals surface area contributed by atoms with Gasteiger partial charge in [0.05, 0.1) is 22.3 Å². The van der Waals surface area contributed by atoms with E-state index in [4.69, 9.17) is 0 Å². The van der Waals surface area contributed by atoms with Crippen molar-refractivity contribution in [1.82, 2.24) is 0 Å². The van der Waals surface area contributed by atoms with Gasteiger partial charge < -0.3 is 15.5 Å². The van der Waals surface area contributed by atoms with Gasteiger partial charge in [0.1, 0.15) is 5.75 Å². The summed E-state index contributed by atoms with van der Waals surface area (Å²) in [5, 5.41) is 42.4. The molecule has 0 amide bonds. The first-order valence-corrected chi connectivity index (χ1v) is 9.38. The molecule has 0 unspecified atom stereocenters. The van der Waals surface area contributed by atoms with Crippen LogP contribution in [0.4, 0.5) is 11.4 Å². The number of benzene rings is 4. The minimum Gasteiger partial charge on any atom is -0.691 e. The van der Waals surface area contributed by atoms with Crippen molar-refractivity contribution >= 4 is 45.0 Å². The Labute approximate surface area is 187 Å². The molecule has 0 saturated heterocycles. The fraction of sp³-hybridized carbons (Fsp3) is 0.0476. The molecular formula is C21H16CrN2O5S. The van der Waals surface area contributed by atoms with Crippen LogP contribution in [0.2, 0.25) is 0 Å². The Morgan fingerprint density at radius 3 is 2.30 bits per heavy atom. The summed E-state index contributed by atoms with van der Waals surface area (Å²) < 4.78 is 5.93. The molecule has 152 valence electrons. The summed E-state index contributed by atoms with van der Waals surface area (Å²) in [5.41, 5.74) is 0.843. The number of azo groups is 2.